The molecule has 0 atom stereocenters. The fraction of sp³-hybridized carbons (Fsp3) is 0.333. The third-order valence-electron chi connectivity index (χ3n) is 2.79. The van der Waals surface area contributed by atoms with Gasteiger partial charge in [-0.05, 0) is 24.6 Å². The maximum atomic E-state index is 11.9. The number of aryl methyl sites for hydroxylation is 1. The van der Waals surface area contributed by atoms with Crippen molar-refractivity contribution in [3.63, 3.8) is 0 Å². The molecule has 23 heavy (non-hydrogen) atoms. The second-order valence-electron chi connectivity index (χ2n) is 5.22. The van der Waals surface area contributed by atoms with Crippen molar-refractivity contribution in [1.82, 2.24) is 10.2 Å². The lowest BCUT2D eigenvalue weighted by Gasteiger charge is -2.04. The smallest absolute Gasteiger partial charge is 0.234 e. The molecule has 2 amide bonds. The van der Waals surface area contributed by atoms with E-state index in [0.29, 0.717) is 9.47 Å². The molecule has 0 aliphatic heterocycles. The first-order valence-electron chi connectivity index (χ1n) is 7.07. The maximum Gasteiger partial charge on any atom is 0.234 e. The van der Waals surface area contributed by atoms with Crippen molar-refractivity contribution in [1.29, 1.82) is 0 Å². The number of aromatic nitrogens is 2. The minimum Gasteiger partial charge on any atom is -0.325 e. The van der Waals surface area contributed by atoms with Gasteiger partial charge in [-0.15, -0.1) is 10.2 Å². The molecule has 122 valence electrons. The molecule has 0 saturated carbocycles. The molecule has 0 fully saturated rings. The van der Waals surface area contributed by atoms with Gasteiger partial charge in [0.2, 0.25) is 16.9 Å². The number of amides is 2. The summed E-state index contributed by atoms with van der Waals surface area (Å²) >= 11 is 2.55. The summed E-state index contributed by atoms with van der Waals surface area (Å²) in [6.07, 6.45) is 0. The zero-order valence-corrected chi connectivity index (χ0v) is 14.8. The highest BCUT2D eigenvalue weighted by Crippen LogP contribution is 2.25. The van der Waals surface area contributed by atoms with Crippen LogP contribution >= 0.6 is 23.1 Å². The maximum absolute atomic E-state index is 11.9. The summed E-state index contributed by atoms with van der Waals surface area (Å²) in [5.74, 6) is -0.0886. The molecule has 1 heterocycles. The number of thioether (sulfide) groups is 1. The van der Waals surface area contributed by atoms with Gasteiger partial charge in [0.05, 0.1) is 5.75 Å². The van der Waals surface area contributed by atoms with Crippen LogP contribution in [0.4, 0.5) is 10.8 Å². The second kappa shape index (κ2) is 8.07. The lowest BCUT2D eigenvalue weighted by molar-refractivity contribution is -0.119. The van der Waals surface area contributed by atoms with Crippen LogP contribution in [0.5, 0.6) is 0 Å². The number of hydrogen-bond acceptors (Lipinski definition) is 6. The van der Waals surface area contributed by atoms with E-state index in [1.165, 1.54) is 23.1 Å². The summed E-state index contributed by atoms with van der Waals surface area (Å²) in [6.45, 7) is 5.59. The first-order chi connectivity index (χ1) is 10.9. The van der Waals surface area contributed by atoms with Crippen molar-refractivity contribution < 1.29 is 9.59 Å². The highest BCUT2D eigenvalue weighted by Gasteiger charge is 2.12. The van der Waals surface area contributed by atoms with Crippen LogP contribution in [0.1, 0.15) is 19.4 Å². The molecule has 2 rings (SSSR count). The summed E-state index contributed by atoms with van der Waals surface area (Å²) in [4.78, 5) is 23.5. The number of nitrogens with one attached hydrogen (secondary N) is 2. The third-order valence-corrected chi connectivity index (χ3v) is 4.76. The Balaban J connectivity index is 1.83. The SMILES string of the molecule is Cc1cccc(NC(=O)CSc2nnc(NC(=O)C(C)C)s2)c1. The van der Waals surface area contributed by atoms with E-state index in [4.69, 9.17) is 0 Å². The normalized spacial score (nSPS) is 10.6. The summed E-state index contributed by atoms with van der Waals surface area (Å²) in [7, 11) is 0. The van der Waals surface area contributed by atoms with Gasteiger partial charge in [0.1, 0.15) is 0 Å². The van der Waals surface area contributed by atoms with Crippen LogP contribution in [-0.4, -0.2) is 27.8 Å². The lowest BCUT2D eigenvalue weighted by atomic mass is 10.2. The number of carbonyl (C=O) groups excluding carboxylic acids is 2. The van der Waals surface area contributed by atoms with Gasteiger partial charge in [-0.1, -0.05) is 49.1 Å². The largest absolute Gasteiger partial charge is 0.325 e. The third kappa shape index (κ3) is 5.65. The van der Waals surface area contributed by atoms with E-state index in [-0.39, 0.29) is 23.5 Å². The topological polar surface area (TPSA) is 84.0 Å². The second-order valence-corrected chi connectivity index (χ2v) is 7.42. The lowest BCUT2D eigenvalue weighted by Crippen LogP contribution is -2.17. The van der Waals surface area contributed by atoms with Gasteiger partial charge in [-0.3, -0.25) is 9.59 Å². The minimum atomic E-state index is -0.116. The highest BCUT2D eigenvalue weighted by atomic mass is 32.2. The van der Waals surface area contributed by atoms with Crippen molar-refractivity contribution >= 4 is 45.7 Å². The van der Waals surface area contributed by atoms with Crippen molar-refractivity contribution in [2.24, 2.45) is 5.92 Å². The number of hydrogen-bond donors (Lipinski definition) is 2. The van der Waals surface area contributed by atoms with Crippen LogP contribution in [0.3, 0.4) is 0 Å². The molecule has 0 bridgehead atoms. The van der Waals surface area contributed by atoms with Crippen LogP contribution in [0, 0.1) is 12.8 Å². The van der Waals surface area contributed by atoms with E-state index in [1.54, 1.807) is 0 Å². The summed E-state index contributed by atoms with van der Waals surface area (Å²) in [5.41, 5.74) is 1.86. The highest BCUT2D eigenvalue weighted by molar-refractivity contribution is 8.01. The molecular weight excluding hydrogens is 332 g/mol. The molecular formula is C15H18N4O2S2. The molecule has 1 aromatic carbocycles. The molecule has 0 aliphatic rings. The Morgan fingerprint density at radius 2 is 2.04 bits per heavy atom. The summed E-state index contributed by atoms with van der Waals surface area (Å²) < 4.78 is 0.642. The van der Waals surface area contributed by atoms with Crippen molar-refractivity contribution in [2.45, 2.75) is 25.1 Å². The Morgan fingerprint density at radius 1 is 1.26 bits per heavy atom. The molecule has 0 saturated heterocycles. The predicted octanol–water partition coefficient (Wildman–Crippen LogP) is 3.17. The zero-order valence-electron chi connectivity index (χ0n) is 13.1. The Hall–Kier alpha value is -1.93. The molecule has 8 heteroatoms. The standard InChI is InChI=1S/C15H18N4O2S2/c1-9(2)13(21)17-14-18-19-15(23-14)22-8-12(20)16-11-6-4-5-10(3)7-11/h4-7,9H,8H2,1-3H3,(H,16,20)(H,17,18,21). The first kappa shape index (κ1) is 17.4. The molecule has 2 aromatic rings. The number of carbonyl (C=O) groups is 2. The zero-order chi connectivity index (χ0) is 16.8. The van der Waals surface area contributed by atoms with E-state index >= 15 is 0 Å². The van der Waals surface area contributed by atoms with Crippen LogP contribution < -0.4 is 10.6 Å². The number of nitrogens with zero attached hydrogens (tertiary/aromatic N) is 2. The van der Waals surface area contributed by atoms with E-state index < -0.39 is 0 Å². The minimum absolute atomic E-state index is 0.102. The van der Waals surface area contributed by atoms with Gasteiger partial charge >= 0.3 is 0 Å². The molecule has 6 nitrogen and oxygen atoms in total. The Bertz CT molecular complexity index is 700. The van der Waals surface area contributed by atoms with E-state index in [0.717, 1.165) is 11.3 Å². The predicted molar refractivity (Wildman–Crippen MR) is 93.9 cm³/mol. The van der Waals surface area contributed by atoms with Crippen LogP contribution in [0.15, 0.2) is 28.6 Å². The molecule has 1 aromatic heterocycles. The van der Waals surface area contributed by atoms with Gasteiger partial charge in [0.15, 0.2) is 4.34 Å². The first-order valence-corrected chi connectivity index (χ1v) is 8.88. The average molecular weight is 350 g/mol. The molecule has 0 aliphatic carbocycles. The Kier molecular flexibility index (Phi) is 6.12. The summed E-state index contributed by atoms with van der Waals surface area (Å²) in [5, 5.41) is 13.8. The Morgan fingerprint density at radius 3 is 2.74 bits per heavy atom. The Labute approximate surface area is 143 Å². The quantitative estimate of drug-likeness (QED) is 0.617. The van der Waals surface area contributed by atoms with Gasteiger partial charge in [-0.2, -0.15) is 0 Å². The van der Waals surface area contributed by atoms with E-state index in [9.17, 15) is 9.59 Å². The van der Waals surface area contributed by atoms with E-state index in [2.05, 4.69) is 20.8 Å². The van der Waals surface area contributed by atoms with Crippen LogP contribution in [0.2, 0.25) is 0 Å². The van der Waals surface area contributed by atoms with Crippen LogP contribution in [0.25, 0.3) is 0 Å². The van der Waals surface area contributed by atoms with E-state index in [1.807, 2.05) is 45.0 Å². The fourth-order valence-electron chi connectivity index (χ4n) is 1.62. The van der Waals surface area contributed by atoms with Crippen molar-refractivity contribution in [3.8, 4) is 0 Å². The van der Waals surface area contributed by atoms with Gasteiger partial charge < -0.3 is 10.6 Å². The molecule has 0 unspecified atom stereocenters. The summed E-state index contributed by atoms with van der Waals surface area (Å²) in [6, 6.07) is 7.62. The fourth-order valence-corrected chi connectivity index (χ4v) is 3.17. The van der Waals surface area contributed by atoms with Gasteiger partial charge in [-0.25, -0.2) is 0 Å². The number of rotatable bonds is 6. The van der Waals surface area contributed by atoms with Gasteiger partial charge in [0.25, 0.3) is 0 Å². The van der Waals surface area contributed by atoms with Crippen molar-refractivity contribution in [3.05, 3.63) is 29.8 Å². The number of anilines is 2. The molecule has 0 spiro atoms. The number of benzene rings is 1. The van der Waals surface area contributed by atoms with Crippen LogP contribution in [-0.2, 0) is 9.59 Å². The molecule has 2 N–H and O–H groups in total. The molecule has 0 radical (unpaired) electrons. The van der Waals surface area contributed by atoms with Crippen molar-refractivity contribution in [2.75, 3.05) is 16.4 Å². The van der Waals surface area contributed by atoms with Gasteiger partial charge in [0, 0.05) is 11.6 Å². The average Bonchev–Trinajstić information content (AvgIpc) is 2.92. The monoisotopic (exact) mass is 350 g/mol.